The van der Waals surface area contributed by atoms with Crippen molar-refractivity contribution in [3.8, 4) is 0 Å². The van der Waals surface area contributed by atoms with Crippen molar-refractivity contribution in [1.29, 1.82) is 0 Å². The Morgan fingerprint density at radius 3 is 2.47 bits per heavy atom. The molecule has 0 amide bonds. The molecule has 0 saturated heterocycles. The molecule has 2 nitrogen and oxygen atoms in total. The largest absolute Gasteiger partial charge is 0.299 e. The molecule has 0 fully saturated rings. The van der Waals surface area contributed by atoms with Gasteiger partial charge in [0.25, 0.3) is 0 Å². The molecule has 19 heavy (non-hydrogen) atoms. The van der Waals surface area contributed by atoms with Gasteiger partial charge in [-0.15, -0.1) is 0 Å². The number of fused-ring (bicyclic) bond motifs is 1. The van der Waals surface area contributed by atoms with Crippen molar-refractivity contribution >= 4 is 11.6 Å². The van der Waals surface area contributed by atoms with Crippen LogP contribution in [0.4, 0.5) is 0 Å². The van der Waals surface area contributed by atoms with E-state index >= 15 is 0 Å². The first-order valence-electron chi connectivity index (χ1n) is 6.48. The SMILES string of the molecule is O=C1CCc2c(cccc2C(=O)c2ccccc2)C1. The molecule has 0 spiro atoms. The number of hydrogen-bond donors (Lipinski definition) is 0. The van der Waals surface area contributed by atoms with Crippen molar-refractivity contribution in [2.24, 2.45) is 0 Å². The number of carbonyl (C=O) groups is 2. The number of rotatable bonds is 2. The molecular formula is C17H14O2. The van der Waals surface area contributed by atoms with E-state index in [1.807, 2.05) is 48.5 Å². The molecule has 1 aliphatic carbocycles. The maximum absolute atomic E-state index is 12.5. The maximum Gasteiger partial charge on any atom is 0.193 e. The van der Waals surface area contributed by atoms with E-state index in [0.29, 0.717) is 24.8 Å². The van der Waals surface area contributed by atoms with Gasteiger partial charge in [0.15, 0.2) is 5.78 Å². The quantitative estimate of drug-likeness (QED) is 0.768. The van der Waals surface area contributed by atoms with Crippen LogP contribution in [-0.4, -0.2) is 11.6 Å². The zero-order chi connectivity index (χ0) is 13.2. The summed E-state index contributed by atoms with van der Waals surface area (Å²) in [6.45, 7) is 0. The number of benzene rings is 2. The molecule has 0 radical (unpaired) electrons. The Morgan fingerprint density at radius 1 is 0.895 bits per heavy atom. The molecular weight excluding hydrogens is 236 g/mol. The average Bonchev–Trinajstić information content (AvgIpc) is 2.46. The zero-order valence-electron chi connectivity index (χ0n) is 10.6. The van der Waals surface area contributed by atoms with Gasteiger partial charge < -0.3 is 0 Å². The fourth-order valence-electron chi connectivity index (χ4n) is 2.62. The lowest BCUT2D eigenvalue weighted by molar-refractivity contribution is -0.118. The maximum atomic E-state index is 12.5. The van der Waals surface area contributed by atoms with Crippen molar-refractivity contribution in [3.63, 3.8) is 0 Å². The van der Waals surface area contributed by atoms with Gasteiger partial charge >= 0.3 is 0 Å². The number of ketones is 2. The first kappa shape index (κ1) is 11.8. The highest BCUT2D eigenvalue weighted by Gasteiger charge is 2.21. The van der Waals surface area contributed by atoms with E-state index in [0.717, 1.165) is 16.7 Å². The van der Waals surface area contributed by atoms with Crippen molar-refractivity contribution in [2.75, 3.05) is 0 Å². The highest BCUT2D eigenvalue weighted by atomic mass is 16.1. The molecule has 0 atom stereocenters. The lowest BCUT2D eigenvalue weighted by atomic mass is 9.85. The van der Waals surface area contributed by atoms with E-state index in [4.69, 9.17) is 0 Å². The summed E-state index contributed by atoms with van der Waals surface area (Å²) in [7, 11) is 0. The Labute approximate surface area is 112 Å². The standard InChI is InChI=1S/C17H14O2/c18-14-9-10-15-13(11-14)7-4-8-16(15)17(19)12-5-2-1-3-6-12/h1-8H,9-11H2. The van der Waals surface area contributed by atoms with Gasteiger partial charge in [-0.05, 0) is 17.5 Å². The van der Waals surface area contributed by atoms with E-state index < -0.39 is 0 Å². The van der Waals surface area contributed by atoms with Crippen molar-refractivity contribution in [3.05, 3.63) is 70.8 Å². The van der Waals surface area contributed by atoms with Crippen LogP contribution in [0.5, 0.6) is 0 Å². The molecule has 2 heteroatoms. The summed E-state index contributed by atoms with van der Waals surface area (Å²) in [5, 5.41) is 0. The molecule has 0 aromatic heterocycles. The summed E-state index contributed by atoms with van der Waals surface area (Å²) < 4.78 is 0. The van der Waals surface area contributed by atoms with E-state index in [1.54, 1.807) is 0 Å². The van der Waals surface area contributed by atoms with Crippen LogP contribution in [0, 0.1) is 0 Å². The molecule has 0 heterocycles. The van der Waals surface area contributed by atoms with Crippen LogP contribution in [0.25, 0.3) is 0 Å². The fourth-order valence-corrected chi connectivity index (χ4v) is 2.62. The van der Waals surface area contributed by atoms with E-state index in [9.17, 15) is 9.59 Å². The van der Waals surface area contributed by atoms with Crippen LogP contribution in [0.1, 0.15) is 33.5 Å². The van der Waals surface area contributed by atoms with Crippen LogP contribution in [-0.2, 0) is 17.6 Å². The second-order valence-corrected chi connectivity index (χ2v) is 4.85. The Morgan fingerprint density at radius 2 is 1.68 bits per heavy atom. The number of hydrogen-bond acceptors (Lipinski definition) is 2. The zero-order valence-corrected chi connectivity index (χ0v) is 10.6. The lowest BCUT2D eigenvalue weighted by Crippen LogP contribution is -2.17. The topological polar surface area (TPSA) is 34.1 Å². The summed E-state index contributed by atoms with van der Waals surface area (Å²) in [6.07, 6.45) is 1.69. The minimum absolute atomic E-state index is 0.0480. The Hall–Kier alpha value is -2.22. The van der Waals surface area contributed by atoms with Gasteiger partial charge in [0, 0.05) is 24.0 Å². The third-order valence-electron chi connectivity index (χ3n) is 3.60. The molecule has 0 bridgehead atoms. The van der Waals surface area contributed by atoms with Gasteiger partial charge in [0.2, 0.25) is 0 Å². The van der Waals surface area contributed by atoms with E-state index in [-0.39, 0.29) is 11.6 Å². The minimum Gasteiger partial charge on any atom is -0.299 e. The third-order valence-corrected chi connectivity index (χ3v) is 3.60. The molecule has 0 aliphatic heterocycles. The Balaban J connectivity index is 2.05. The Kier molecular flexibility index (Phi) is 3.00. The molecule has 2 aromatic rings. The van der Waals surface area contributed by atoms with Gasteiger partial charge in [-0.25, -0.2) is 0 Å². The molecule has 0 unspecified atom stereocenters. The Bertz CT molecular complexity index is 642. The van der Waals surface area contributed by atoms with Crippen LogP contribution < -0.4 is 0 Å². The van der Waals surface area contributed by atoms with Crippen molar-refractivity contribution in [2.45, 2.75) is 19.3 Å². The van der Waals surface area contributed by atoms with Gasteiger partial charge in [-0.2, -0.15) is 0 Å². The predicted octanol–water partition coefficient (Wildman–Crippen LogP) is 2.98. The fraction of sp³-hybridized carbons (Fsp3) is 0.176. The van der Waals surface area contributed by atoms with Gasteiger partial charge in [0.1, 0.15) is 5.78 Å². The van der Waals surface area contributed by atoms with Crippen LogP contribution >= 0.6 is 0 Å². The lowest BCUT2D eigenvalue weighted by Gasteiger charge is -2.18. The summed E-state index contributed by atoms with van der Waals surface area (Å²) in [4.78, 5) is 24.0. The first-order valence-corrected chi connectivity index (χ1v) is 6.48. The summed E-state index contributed by atoms with van der Waals surface area (Å²) in [5.41, 5.74) is 3.51. The third kappa shape index (κ3) is 2.22. The normalized spacial score (nSPS) is 14.0. The van der Waals surface area contributed by atoms with Crippen LogP contribution in [0.3, 0.4) is 0 Å². The van der Waals surface area contributed by atoms with Crippen LogP contribution in [0.15, 0.2) is 48.5 Å². The summed E-state index contributed by atoms with van der Waals surface area (Å²) in [5.74, 6) is 0.309. The monoisotopic (exact) mass is 250 g/mol. The molecule has 0 N–H and O–H groups in total. The smallest absolute Gasteiger partial charge is 0.193 e. The van der Waals surface area contributed by atoms with E-state index in [1.165, 1.54) is 0 Å². The van der Waals surface area contributed by atoms with Crippen molar-refractivity contribution in [1.82, 2.24) is 0 Å². The molecule has 0 saturated carbocycles. The van der Waals surface area contributed by atoms with Gasteiger partial charge in [-0.1, -0.05) is 48.5 Å². The highest BCUT2D eigenvalue weighted by Crippen LogP contribution is 2.24. The molecule has 2 aromatic carbocycles. The second-order valence-electron chi connectivity index (χ2n) is 4.85. The molecule has 3 rings (SSSR count). The number of carbonyl (C=O) groups excluding carboxylic acids is 2. The highest BCUT2D eigenvalue weighted by molar-refractivity contribution is 6.10. The first-order chi connectivity index (χ1) is 9.25. The molecule has 94 valence electrons. The second kappa shape index (κ2) is 4.81. The van der Waals surface area contributed by atoms with Crippen molar-refractivity contribution < 1.29 is 9.59 Å². The van der Waals surface area contributed by atoms with Crippen LogP contribution in [0.2, 0.25) is 0 Å². The minimum atomic E-state index is 0.0480. The summed E-state index contributed by atoms with van der Waals surface area (Å²) in [6, 6.07) is 15.0. The molecule has 1 aliphatic rings. The predicted molar refractivity (Wildman–Crippen MR) is 73.3 cm³/mol. The average molecular weight is 250 g/mol. The van der Waals surface area contributed by atoms with E-state index in [2.05, 4.69) is 0 Å². The van der Waals surface area contributed by atoms with Gasteiger partial charge in [0.05, 0.1) is 0 Å². The number of Topliss-reactive ketones (excluding diaryl/α,β-unsaturated/α-hetero) is 1. The van der Waals surface area contributed by atoms with Gasteiger partial charge in [-0.3, -0.25) is 9.59 Å². The summed E-state index contributed by atoms with van der Waals surface area (Å²) >= 11 is 0.